The summed E-state index contributed by atoms with van der Waals surface area (Å²) < 4.78 is 17.4. The lowest BCUT2D eigenvalue weighted by atomic mass is 10.1. The van der Waals surface area contributed by atoms with Crippen LogP contribution < -0.4 is 25.6 Å². The third kappa shape index (κ3) is 3.50. The SMILES string of the molecule is COc1cc(-c2nc(C(N)=O)c3[nH]c(=O)n(-c4ccc(Cl)cc4)c3n2)cc(OC)c1OC. The Morgan fingerprint density at radius 2 is 1.66 bits per heavy atom. The lowest BCUT2D eigenvalue weighted by Gasteiger charge is -2.14. The number of carbonyl (C=O) groups excluding carboxylic acids is 1. The van der Waals surface area contributed by atoms with Gasteiger partial charge in [-0.3, -0.25) is 4.79 Å². The van der Waals surface area contributed by atoms with Crippen molar-refractivity contribution in [2.45, 2.75) is 0 Å². The number of amides is 1. The highest BCUT2D eigenvalue weighted by atomic mass is 35.5. The van der Waals surface area contributed by atoms with Crippen LogP contribution in [0.3, 0.4) is 0 Å². The van der Waals surface area contributed by atoms with Gasteiger partial charge in [-0.1, -0.05) is 11.6 Å². The molecule has 0 unspecified atom stereocenters. The van der Waals surface area contributed by atoms with Crippen molar-refractivity contribution in [3.8, 4) is 34.3 Å². The average Bonchev–Trinajstić information content (AvgIpc) is 3.13. The maximum absolute atomic E-state index is 12.7. The smallest absolute Gasteiger partial charge is 0.332 e. The van der Waals surface area contributed by atoms with Crippen LogP contribution in [0, 0.1) is 0 Å². The summed E-state index contributed by atoms with van der Waals surface area (Å²) in [6.07, 6.45) is 0. The van der Waals surface area contributed by atoms with Gasteiger partial charge in [0, 0.05) is 10.6 Å². The van der Waals surface area contributed by atoms with E-state index in [1.807, 2.05) is 0 Å². The van der Waals surface area contributed by atoms with Crippen LogP contribution in [0.2, 0.25) is 5.02 Å². The quantitative estimate of drug-likeness (QED) is 0.456. The molecule has 2 heterocycles. The molecule has 0 atom stereocenters. The van der Waals surface area contributed by atoms with Crippen LogP contribution in [-0.2, 0) is 0 Å². The second-order valence-electron chi connectivity index (χ2n) is 6.61. The average molecular weight is 456 g/mol. The van der Waals surface area contributed by atoms with E-state index in [0.717, 1.165) is 0 Å². The molecular formula is C21H18ClN5O5. The van der Waals surface area contributed by atoms with E-state index in [0.29, 0.717) is 33.5 Å². The molecule has 11 heteroatoms. The summed E-state index contributed by atoms with van der Waals surface area (Å²) in [5, 5.41) is 0.507. The minimum atomic E-state index is -0.824. The number of H-pyrrole nitrogens is 1. The molecule has 0 saturated carbocycles. The highest BCUT2D eigenvalue weighted by Gasteiger charge is 2.22. The number of carbonyl (C=O) groups is 1. The lowest BCUT2D eigenvalue weighted by Crippen LogP contribution is -2.15. The number of nitrogens with two attached hydrogens (primary N) is 1. The summed E-state index contributed by atoms with van der Waals surface area (Å²) in [6.45, 7) is 0. The van der Waals surface area contributed by atoms with E-state index in [1.165, 1.54) is 25.9 Å². The fourth-order valence-corrected chi connectivity index (χ4v) is 3.46. The molecule has 0 radical (unpaired) electrons. The molecule has 0 fully saturated rings. The van der Waals surface area contributed by atoms with Crippen LogP contribution >= 0.6 is 11.6 Å². The topological polar surface area (TPSA) is 134 Å². The van der Waals surface area contributed by atoms with Crippen molar-refractivity contribution in [1.29, 1.82) is 0 Å². The number of nitrogens with one attached hydrogen (secondary N) is 1. The molecule has 4 aromatic rings. The van der Waals surface area contributed by atoms with Crippen molar-refractivity contribution < 1.29 is 19.0 Å². The number of hydrogen-bond donors (Lipinski definition) is 2. The third-order valence-corrected chi connectivity index (χ3v) is 5.03. The number of aromatic nitrogens is 4. The molecule has 0 saturated heterocycles. The van der Waals surface area contributed by atoms with Gasteiger partial charge in [-0.15, -0.1) is 0 Å². The molecule has 2 aromatic heterocycles. The zero-order chi connectivity index (χ0) is 23.0. The van der Waals surface area contributed by atoms with Crippen molar-refractivity contribution in [2.75, 3.05) is 21.3 Å². The summed E-state index contributed by atoms with van der Waals surface area (Å²) in [6, 6.07) is 9.84. The fourth-order valence-electron chi connectivity index (χ4n) is 3.33. The first kappa shape index (κ1) is 21.2. The van der Waals surface area contributed by atoms with Crippen LogP contribution in [0.25, 0.3) is 28.2 Å². The van der Waals surface area contributed by atoms with Crippen molar-refractivity contribution in [3.05, 3.63) is 57.6 Å². The number of nitrogens with zero attached hydrogens (tertiary/aromatic N) is 3. The first-order chi connectivity index (χ1) is 15.4. The van der Waals surface area contributed by atoms with Gasteiger partial charge in [0.05, 0.1) is 27.0 Å². The molecule has 32 heavy (non-hydrogen) atoms. The number of methoxy groups -OCH3 is 3. The monoisotopic (exact) mass is 455 g/mol. The molecule has 3 N–H and O–H groups in total. The standard InChI is InChI=1S/C21H18ClN5O5/c1-30-13-8-10(9-14(31-2)17(13)32-3)19-24-15(18(23)28)16-20(26-19)27(21(29)25-16)12-6-4-11(22)5-7-12/h4-9H,1-3H3,(H2,23,28)(H,25,29). The molecule has 0 bridgehead atoms. The van der Waals surface area contributed by atoms with Gasteiger partial charge in [0.2, 0.25) is 5.75 Å². The Hall–Kier alpha value is -4.05. The van der Waals surface area contributed by atoms with Gasteiger partial charge in [0.1, 0.15) is 5.52 Å². The number of halogens is 1. The number of imidazole rings is 1. The van der Waals surface area contributed by atoms with Crippen LogP contribution in [0.5, 0.6) is 17.2 Å². The zero-order valence-corrected chi connectivity index (χ0v) is 18.1. The highest BCUT2D eigenvalue weighted by molar-refractivity contribution is 6.30. The maximum atomic E-state index is 12.7. The summed E-state index contributed by atoms with van der Waals surface area (Å²) in [5.74, 6) is 0.434. The Morgan fingerprint density at radius 1 is 1.03 bits per heavy atom. The van der Waals surface area contributed by atoms with Gasteiger partial charge in [-0.05, 0) is 36.4 Å². The number of fused-ring (bicyclic) bond motifs is 1. The van der Waals surface area contributed by atoms with E-state index in [-0.39, 0.29) is 22.7 Å². The van der Waals surface area contributed by atoms with E-state index in [9.17, 15) is 9.59 Å². The van der Waals surface area contributed by atoms with Crippen LogP contribution in [-0.4, -0.2) is 46.8 Å². The first-order valence-electron chi connectivity index (χ1n) is 9.26. The van der Waals surface area contributed by atoms with Gasteiger partial charge < -0.3 is 24.9 Å². The van der Waals surface area contributed by atoms with E-state index < -0.39 is 11.6 Å². The summed E-state index contributed by atoms with van der Waals surface area (Å²) in [4.78, 5) is 36.3. The maximum Gasteiger partial charge on any atom is 0.332 e. The number of aromatic amines is 1. The summed E-state index contributed by atoms with van der Waals surface area (Å²) >= 11 is 5.97. The Labute approximate surface area is 186 Å². The van der Waals surface area contributed by atoms with Crippen molar-refractivity contribution in [1.82, 2.24) is 19.5 Å². The molecule has 2 aromatic carbocycles. The summed E-state index contributed by atoms with van der Waals surface area (Å²) in [7, 11) is 4.44. The Balaban J connectivity index is 2.04. The first-order valence-corrected chi connectivity index (χ1v) is 9.64. The number of hydrogen-bond acceptors (Lipinski definition) is 7. The lowest BCUT2D eigenvalue weighted by molar-refractivity contribution is 0.0997. The van der Waals surface area contributed by atoms with Gasteiger partial charge >= 0.3 is 5.69 Å². The van der Waals surface area contributed by atoms with Crippen LogP contribution in [0.1, 0.15) is 10.5 Å². The van der Waals surface area contributed by atoms with Gasteiger partial charge in [-0.2, -0.15) is 0 Å². The van der Waals surface area contributed by atoms with E-state index in [4.69, 9.17) is 31.5 Å². The van der Waals surface area contributed by atoms with E-state index in [2.05, 4.69) is 15.0 Å². The molecule has 1 amide bonds. The largest absolute Gasteiger partial charge is 0.493 e. The van der Waals surface area contributed by atoms with Gasteiger partial charge in [-0.25, -0.2) is 19.3 Å². The predicted octanol–water partition coefficient (Wildman–Crippen LogP) is 2.55. The highest BCUT2D eigenvalue weighted by Crippen LogP contribution is 2.40. The molecule has 0 spiro atoms. The predicted molar refractivity (Wildman–Crippen MR) is 118 cm³/mol. The van der Waals surface area contributed by atoms with E-state index in [1.54, 1.807) is 36.4 Å². The van der Waals surface area contributed by atoms with Crippen LogP contribution in [0.15, 0.2) is 41.2 Å². The summed E-state index contributed by atoms with van der Waals surface area (Å²) in [5.41, 5.74) is 6.15. The van der Waals surface area contributed by atoms with Gasteiger partial charge in [0.25, 0.3) is 5.91 Å². The fraction of sp³-hybridized carbons (Fsp3) is 0.143. The van der Waals surface area contributed by atoms with Crippen molar-refractivity contribution in [3.63, 3.8) is 0 Å². The molecular weight excluding hydrogens is 438 g/mol. The number of rotatable bonds is 6. The number of benzene rings is 2. The molecule has 10 nitrogen and oxygen atoms in total. The second kappa shape index (κ2) is 8.23. The van der Waals surface area contributed by atoms with E-state index >= 15 is 0 Å². The second-order valence-corrected chi connectivity index (χ2v) is 7.05. The molecule has 0 aliphatic heterocycles. The Bertz CT molecular complexity index is 1370. The zero-order valence-electron chi connectivity index (χ0n) is 17.3. The van der Waals surface area contributed by atoms with Crippen molar-refractivity contribution in [2.24, 2.45) is 5.73 Å². The molecule has 0 aliphatic rings. The Morgan fingerprint density at radius 3 is 2.19 bits per heavy atom. The van der Waals surface area contributed by atoms with Crippen molar-refractivity contribution >= 4 is 28.7 Å². The molecule has 164 valence electrons. The minimum Gasteiger partial charge on any atom is -0.493 e. The third-order valence-electron chi connectivity index (χ3n) is 4.78. The normalized spacial score (nSPS) is 10.9. The molecule has 4 rings (SSSR count). The number of ether oxygens (including phenoxy) is 3. The minimum absolute atomic E-state index is 0.119. The number of primary amides is 1. The Kier molecular flexibility index (Phi) is 5.45. The van der Waals surface area contributed by atoms with Gasteiger partial charge in [0.15, 0.2) is 28.7 Å². The van der Waals surface area contributed by atoms with Crippen LogP contribution in [0.4, 0.5) is 0 Å². The molecule has 0 aliphatic carbocycles.